The van der Waals surface area contributed by atoms with Crippen LogP contribution in [-0.4, -0.2) is 12.6 Å². The van der Waals surface area contributed by atoms with Crippen molar-refractivity contribution in [2.45, 2.75) is 47.1 Å². The van der Waals surface area contributed by atoms with Gasteiger partial charge in [0, 0.05) is 5.02 Å². The van der Waals surface area contributed by atoms with E-state index in [0.717, 1.165) is 33.6 Å². The second-order valence-corrected chi connectivity index (χ2v) is 8.39. The number of hydrogen-bond acceptors (Lipinski definition) is 6. The third-order valence-electron chi connectivity index (χ3n) is 5.63. The van der Waals surface area contributed by atoms with Gasteiger partial charge in [-0.3, -0.25) is 0 Å². The molecule has 1 unspecified atom stereocenters. The molecule has 0 fully saturated rings. The van der Waals surface area contributed by atoms with Crippen molar-refractivity contribution in [1.29, 1.82) is 5.26 Å². The van der Waals surface area contributed by atoms with E-state index >= 15 is 0 Å². The highest BCUT2D eigenvalue weighted by atomic mass is 35.5. The Bertz CT molecular complexity index is 1210. The molecule has 2 N–H and O–H groups in total. The molecule has 0 aliphatic carbocycles. The van der Waals surface area contributed by atoms with Gasteiger partial charge in [0.05, 0.1) is 18.1 Å². The maximum atomic E-state index is 12.8. The van der Waals surface area contributed by atoms with Gasteiger partial charge in [-0.25, -0.2) is 4.79 Å². The minimum atomic E-state index is -0.696. The lowest BCUT2D eigenvalue weighted by molar-refractivity contribution is -0.139. The molecule has 1 heterocycles. The summed E-state index contributed by atoms with van der Waals surface area (Å²) in [6, 6.07) is 11.6. The summed E-state index contributed by atoms with van der Waals surface area (Å²) in [6.45, 7) is 9.73. The van der Waals surface area contributed by atoms with Crippen LogP contribution in [0.1, 0.15) is 47.6 Å². The quantitative estimate of drug-likeness (QED) is 0.565. The number of ether oxygens (including phenoxy) is 3. The Balaban J connectivity index is 2.08. The molecule has 0 saturated heterocycles. The van der Waals surface area contributed by atoms with E-state index in [2.05, 4.69) is 6.07 Å². The molecule has 1 aliphatic heterocycles. The number of benzene rings is 2. The van der Waals surface area contributed by atoms with E-state index in [4.69, 9.17) is 31.5 Å². The van der Waals surface area contributed by atoms with Crippen LogP contribution in [0.2, 0.25) is 5.02 Å². The predicted molar refractivity (Wildman–Crippen MR) is 126 cm³/mol. The first-order chi connectivity index (χ1) is 15.7. The standard InChI is InChI=1S/C26H27ClN2O4/c1-6-31-26(30)23-17(5)33-25(29)21(12-28)24(23)20-10-14(2)9-18(16(20)4)13-32-22-8-7-19(27)11-15(22)3/h7-11,24H,6,13,29H2,1-5H3. The summed E-state index contributed by atoms with van der Waals surface area (Å²) in [4.78, 5) is 12.8. The second-order valence-electron chi connectivity index (χ2n) is 7.95. The van der Waals surface area contributed by atoms with Gasteiger partial charge in [0.1, 0.15) is 29.8 Å². The number of nitriles is 1. The number of halogens is 1. The highest BCUT2D eigenvalue weighted by molar-refractivity contribution is 6.30. The largest absolute Gasteiger partial charge is 0.489 e. The van der Waals surface area contributed by atoms with Crippen LogP contribution in [-0.2, 0) is 20.9 Å². The summed E-state index contributed by atoms with van der Waals surface area (Å²) < 4.78 is 16.9. The number of nitrogens with two attached hydrogens (primary N) is 1. The van der Waals surface area contributed by atoms with Crippen molar-refractivity contribution in [3.05, 3.63) is 86.0 Å². The van der Waals surface area contributed by atoms with Crippen LogP contribution in [0.25, 0.3) is 0 Å². The number of allylic oxidation sites excluding steroid dienone is 2. The van der Waals surface area contributed by atoms with Gasteiger partial charge in [0.2, 0.25) is 5.88 Å². The van der Waals surface area contributed by atoms with Crippen LogP contribution >= 0.6 is 11.6 Å². The number of nitrogens with zero attached hydrogens (tertiary/aromatic N) is 1. The Morgan fingerprint density at radius 2 is 1.94 bits per heavy atom. The maximum absolute atomic E-state index is 12.8. The molecule has 6 nitrogen and oxygen atoms in total. The fourth-order valence-electron chi connectivity index (χ4n) is 4.01. The van der Waals surface area contributed by atoms with Crippen LogP contribution < -0.4 is 10.5 Å². The highest BCUT2D eigenvalue weighted by Crippen LogP contribution is 2.42. The summed E-state index contributed by atoms with van der Waals surface area (Å²) in [7, 11) is 0. The molecule has 0 radical (unpaired) electrons. The predicted octanol–water partition coefficient (Wildman–Crippen LogP) is 5.49. The van der Waals surface area contributed by atoms with Crippen LogP contribution in [0.3, 0.4) is 0 Å². The second kappa shape index (κ2) is 10.0. The van der Waals surface area contributed by atoms with E-state index in [1.807, 2.05) is 45.0 Å². The molecule has 2 aromatic carbocycles. The first-order valence-electron chi connectivity index (χ1n) is 10.6. The average molecular weight is 467 g/mol. The molecule has 1 aliphatic rings. The number of rotatable bonds is 6. The van der Waals surface area contributed by atoms with E-state index in [1.165, 1.54) is 0 Å². The lowest BCUT2D eigenvalue weighted by atomic mass is 9.79. The monoisotopic (exact) mass is 466 g/mol. The molecular weight excluding hydrogens is 440 g/mol. The van der Waals surface area contributed by atoms with Crippen molar-refractivity contribution < 1.29 is 19.0 Å². The van der Waals surface area contributed by atoms with Crippen molar-refractivity contribution in [1.82, 2.24) is 0 Å². The smallest absolute Gasteiger partial charge is 0.338 e. The Hall–Kier alpha value is -3.43. The summed E-state index contributed by atoms with van der Waals surface area (Å²) in [5.74, 6) is -0.179. The Morgan fingerprint density at radius 3 is 2.58 bits per heavy atom. The molecule has 0 spiro atoms. The van der Waals surface area contributed by atoms with Crippen LogP contribution in [0.15, 0.2) is 53.1 Å². The van der Waals surface area contributed by atoms with Gasteiger partial charge in [0.25, 0.3) is 0 Å². The topological polar surface area (TPSA) is 94.6 Å². The first kappa shape index (κ1) is 24.2. The Kier molecular flexibility index (Phi) is 7.35. The van der Waals surface area contributed by atoms with Gasteiger partial charge in [0.15, 0.2) is 0 Å². The summed E-state index contributed by atoms with van der Waals surface area (Å²) in [5, 5.41) is 10.5. The van der Waals surface area contributed by atoms with E-state index in [-0.39, 0.29) is 23.6 Å². The van der Waals surface area contributed by atoms with Crippen molar-refractivity contribution in [2.24, 2.45) is 5.73 Å². The van der Waals surface area contributed by atoms with E-state index in [0.29, 0.717) is 17.4 Å². The van der Waals surface area contributed by atoms with E-state index in [1.54, 1.807) is 19.9 Å². The molecule has 0 bridgehead atoms. The van der Waals surface area contributed by atoms with Crippen LogP contribution in [0, 0.1) is 32.1 Å². The minimum Gasteiger partial charge on any atom is -0.489 e. The average Bonchev–Trinajstić information content (AvgIpc) is 2.74. The number of carbonyl (C=O) groups excluding carboxylic acids is 1. The summed E-state index contributed by atoms with van der Waals surface area (Å²) in [6.07, 6.45) is 0. The van der Waals surface area contributed by atoms with E-state index in [9.17, 15) is 10.1 Å². The molecule has 7 heteroatoms. The molecule has 0 saturated carbocycles. The third-order valence-corrected chi connectivity index (χ3v) is 5.87. The van der Waals surface area contributed by atoms with Crippen LogP contribution in [0.5, 0.6) is 5.75 Å². The number of hydrogen-bond donors (Lipinski definition) is 1. The zero-order valence-corrected chi connectivity index (χ0v) is 20.2. The Morgan fingerprint density at radius 1 is 1.21 bits per heavy atom. The van der Waals surface area contributed by atoms with Crippen molar-refractivity contribution in [2.75, 3.05) is 6.61 Å². The summed E-state index contributed by atoms with van der Waals surface area (Å²) in [5.41, 5.74) is 11.0. The lowest BCUT2D eigenvalue weighted by Gasteiger charge is -2.28. The van der Waals surface area contributed by atoms with Gasteiger partial charge >= 0.3 is 5.97 Å². The van der Waals surface area contributed by atoms with Crippen molar-refractivity contribution >= 4 is 17.6 Å². The normalized spacial score (nSPS) is 15.7. The maximum Gasteiger partial charge on any atom is 0.338 e. The molecule has 0 amide bonds. The molecule has 172 valence electrons. The number of aryl methyl sites for hydroxylation is 2. The van der Waals surface area contributed by atoms with Crippen LogP contribution in [0.4, 0.5) is 0 Å². The molecule has 1 atom stereocenters. The number of esters is 1. The fraction of sp³-hybridized carbons (Fsp3) is 0.308. The summed E-state index contributed by atoms with van der Waals surface area (Å²) >= 11 is 6.05. The van der Waals surface area contributed by atoms with Gasteiger partial charge in [-0.1, -0.05) is 29.3 Å². The molecule has 33 heavy (non-hydrogen) atoms. The lowest BCUT2D eigenvalue weighted by Crippen LogP contribution is -2.26. The van der Waals surface area contributed by atoms with Crippen molar-refractivity contribution in [3.8, 4) is 11.8 Å². The third kappa shape index (κ3) is 4.99. The molecule has 0 aromatic heterocycles. The zero-order valence-electron chi connectivity index (χ0n) is 19.4. The Labute approximate surface area is 199 Å². The van der Waals surface area contributed by atoms with Gasteiger partial charge in [-0.05, 0) is 75.1 Å². The van der Waals surface area contributed by atoms with Crippen molar-refractivity contribution in [3.63, 3.8) is 0 Å². The van der Waals surface area contributed by atoms with Gasteiger partial charge in [-0.15, -0.1) is 0 Å². The molecule has 3 rings (SSSR count). The highest BCUT2D eigenvalue weighted by Gasteiger charge is 2.37. The first-order valence-corrected chi connectivity index (χ1v) is 11.0. The number of carbonyl (C=O) groups is 1. The van der Waals surface area contributed by atoms with Gasteiger partial charge in [-0.2, -0.15) is 5.26 Å². The molecular formula is C26H27ClN2O4. The SMILES string of the molecule is CCOC(=O)C1=C(C)OC(N)=C(C#N)C1c1cc(C)cc(COc2ccc(Cl)cc2C)c1C. The van der Waals surface area contributed by atoms with Gasteiger partial charge < -0.3 is 19.9 Å². The zero-order chi connectivity index (χ0) is 24.3. The fourth-order valence-corrected chi connectivity index (χ4v) is 4.24. The minimum absolute atomic E-state index is 0.0106. The molecule has 2 aromatic rings. The van der Waals surface area contributed by atoms with E-state index < -0.39 is 11.9 Å².